The standard InChI is InChI=1S/C12H16FN/c1-9-3-5-10(6-4-9)12(2,13)11-7-8-14-11/h3-6,11,14H,7-8H2,1-2H3. The first-order chi connectivity index (χ1) is 6.60. The van der Waals surface area contributed by atoms with Gasteiger partial charge in [-0.25, -0.2) is 4.39 Å². The molecule has 1 heterocycles. The summed E-state index contributed by atoms with van der Waals surface area (Å²) < 4.78 is 14.3. The molecular formula is C12H16FN. The Labute approximate surface area is 84.3 Å². The molecule has 1 aromatic rings. The van der Waals surface area contributed by atoms with Gasteiger partial charge in [0.25, 0.3) is 0 Å². The first kappa shape index (κ1) is 9.66. The van der Waals surface area contributed by atoms with E-state index in [1.807, 2.05) is 31.2 Å². The Morgan fingerprint density at radius 2 is 1.93 bits per heavy atom. The van der Waals surface area contributed by atoms with Crippen molar-refractivity contribution in [2.75, 3.05) is 6.54 Å². The minimum absolute atomic E-state index is 0.00907. The Morgan fingerprint density at radius 3 is 2.36 bits per heavy atom. The summed E-state index contributed by atoms with van der Waals surface area (Å²) in [6, 6.07) is 7.69. The Morgan fingerprint density at radius 1 is 1.36 bits per heavy atom. The van der Waals surface area contributed by atoms with Crippen molar-refractivity contribution in [3.05, 3.63) is 35.4 Å². The predicted molar refractivity (Wildman–Crippen MR) is 56.0 cm³/mol. The van der Waals surface area contributed by atoms with Crippen molar-refractivity contribution in [1.29, 1.82) is 0 Å². The fourth-order valence-electron chi connectivity index (χ4n) is 1.83. The van der Waals surface area contributed by atoms with Gasteiger partial charge in [-0.15, -0.1) is 0 Å². The van der Waals surface area contributed by atoms with Crippen LogP contribution in [0.25, 0.3) is 0 Å². The fourth-order valence-corrected chi connectivity index (χ4v) is 1.83. The van der Waals surface area contributed by atoms with Crippen molar-refractivity contribution in [3.8, 4) is 0 Å². The molecule has 0 spiro atoms. The summed E-state index contributed by atoms with van der Waals surface area (Å²) in [5, 5.41) is 3.12. The Balaban J connectivity index is 2.23. The maximum Gasteiger partial charge on any atom is 0.148 e. The molecule has 0 aromatic heterocycles. The highest BCUT2D eigenvalue weighted by Crippen LogP contribution is 2.33. The molecule has 0 saturated carbocycles. The SMILES string of the molecule is Cc1ccc(C(C)(F)C2CCN2)cc1. The first-order valence-corrected chi connectivity index (χ1v) is 5.10. The van der Waals surface area contributed by atoms with E-state index in [-0.39, 0.29) is 6.04 Å². The molecule has 1 aliphatic heterocycles. The zero-order valence-corrected chi connectivity index (χ0v) is 8.68. The van der Waals surface area contributed by atoms with Gasteiger partial charge < -0.3 is 5.32 Å². The molecule has 1 aliphatic rings. The van der Waals surface area contributed by atoms with Gasteiger partial charge in [-0.3, -0.25) is 0 Å². The van der Waals surface area contributed by atoms with Gasteiger partial charge in [0.05, 0.1) is 0 Å². The van der Waals surface area contributed by atoms with Gasteiger partial charge in [-0.1, -0.05) is 29.8 Å². The van der Waals surface area contributed by atoms with Crippen LogP contribution in [-0.2, 0) is 5.67 Å². The van der Waals surface area contributed by atoms with E-state index in [1.165, 1.54) is 5.56 Å². The summed E-state index contributed by atoms with van der Waals surface area (Å²) in [5.74, 6) is 0. The molecule has 14 heavy (non-hydrogen) atoms. The van der Waals surface area contributed by atoms with Gasteiger partial charge in [0.15, 0.2) is 0 Å². The van der Waals surface area contributed by atoms with Gasteiger partial charge in [0, 0.05) is 6.04 Å². The number of halogens is 1. The lowest BCUT2D eigenvalue weighted by Crippen LogP contribution is -2.53. The highest BCUT2D eigenvalue weighted by atomic mass is 19.1. The molecule has 1 N–H and O–H groups in total. The molecule has 1 saturated heterocycles. The van der Waals surface area contributed by atoms with Crippen LogP contribution in [0.1, 0.15) is 24.5 Å². The number of aryl methyl sites for hydroxylation is 1. The average molecular weight is 193 g/mol. The van der Waals surface area contributed by atoms with E-state index < -0.39 is 5.67 Å². The highest BCUT2D eigenvalue weighted by Gasteiger charge is 2.39. The number of benzene rings is 1. The summed E-state index contributed by atoms with van der Waals surface area (Å²) in [4.78, 5) is 0. The second-order valence-corrected chi connectivity index (χ2v) is 4.24. The van der Waals surface area contributed by atoms with Crippen molar-refractivity contribution < 1.29 is 4.39 Å². The number of rotatable bonds is 2. The highest BCUT2D eigenvalue weighted by molar-refractivity contribution is 5.28. The van der Waals surface area contributed by atoms with Gasteiger partial charge in [-0.2, -0.15) is 0 Å². The zero-order valence-electron chi connectivity index (χ0n) is 8.68. The average Bonchev–Trinajstić information content (AvgIpc) is 2.00. The molecule has 0 aliphatic carbocycles. The smallest absolute Gasteiger partial charge is 0.148 e. The third-order valence-electron chi connectivity index (χ3n) is 3.09. The monoisotopic (exact) mass is 193 g/mol. The molecular weight excluding hydrogens is 177 g/mol. The minimum atomic E-state index is -1.23. The number of hydrogen-bond acceptors (Lipinski definition) is 1. The minimum Gasteiger partial charge on any atom is -0.311 e. The van der Waals surface area contributed by atoms with E-state index in [4.69, 9.17) is 0 Å². The second-order valence-electron chi connectivity index (χ2n) is 4.24. The van der Waals surface area contributed by atoms with Crippen LogP contribution in [0.2, 0.25) is 0 Å². The molecule has 1 nitrogen and oxygen atoms in total. The van der Waals surface area contributed by atoms with Crippen molar-refractivity contribution in [2.24, 2.45) is 0 Å². The topological polar surface area (TPSA) is 12.0 Å². The second kappa shape index (κ2) is 3.35. The summed E-state index contributed by atoms with van der Waals surface area (Å²) >= 11 is 0. The van der Waals surface area contributed by atoms with Crippen LogP contribution >= 0.6 is 0 Å². The van der Waals surface area contributed by atoms with E-state index in [9.17, 15) is 4.39 Å². The Bertz CT molecular complexity index is 312. The van der Waals surface area contributed by atoms with Crippen LogP contribution in [0.3, 0.4) is 0 Å². The van der Waals surface area contributed by atoms with Crippen LogP contribution in [0.4, 0.5) is 4.39 Å². The van der Waals surface area contributed by atoms with Crippen LogP contribution in [0, 0.1) is 6.92 Å². The molecule has 2 atom stereocenters. The molecule has 0 amide bonds. The van der Waals surface area contributed by atoms with Crippen LogP contribution in [-0.4, -0.2) is 12.6 Å². The van der Waals surface area contributed by atoms with E-state index in [2.05, 4.69) is 5.32 Å². The quantitative estimate of drug-likeness (QED) is 0.761. The van der Waals surface area contributed by atoms with Crippen LogP contribution in [0.15, 0.2) is 24.3 Å². The summed E-state index contributed by atoms with van der Waals surface area (Å²) in [7, 11) is 0. The largest absolute Gasteiger partial charge is 0.311 e. The van der Waals surface area contributed by atoms with Gasteiger partial charge >= 0.3 is 0 Å². The zero-order chi connectivity index (χ0) is 10.2. The molecule has 2 unspecified atom stereocenters. The predicted octanol–water partition coefficient (Wildman–Crippen LogP) is 2.54. The summed E-state index contributed by atoms with van der Waals surface area (Å²) in [6.45, 7) is 4.62. The number of alkyl halides is 1. The van der Waals surface area contributed by atoms with Crippen molar-refractivity contribution >= 4 is 0 Å². The van der Waals surface area contributed by atoms with Crippen molar-refractivity contribution in [2.45, 2.75) is 32.0 Å². The van der Waals surface area contributed by atoms with E-state index >= 15 is 0 Å². The molecule has 1 fully saturated rings. The van der Waals surface area contributed by atoms with E-state index in [1.54, 1.807) is 6.92 Å². The normalized spacial score (nSPS) is 25.2. The Hall–Kier alpha value is -0.890. The summed E-state index contributed by atoms with van der Waals surface area (Å²) in [5.41, 5.74) is 0.720. The van der Waals surface area contributed by atoms with E-state index in [0.717, 1.165) is 18.5 Å². The maximum atomic E-state index is 14.3. The number of nitrogens with one attached hydrogen (secondary N) is 1. The molecule has 2 rings (SSSR count). The van der Waals surface area contributed by atoms with Gasteiger partial charge in [0.1, 0.15) is 5.67 Å². The first-order valence-electron chi connectivity index (χ1n) is 5.10. The van der Waals surface area contributed by atoms with Crippen LogP contribution in [0.5, 0.6) is 0 Å². The molecule has 2 heteroatoms. The summed E-state index contributed by atoms with van der Waals surface area (Å²) in [6.07, 6.45) is 0.931. The molecule has 0 bridgehead atoms. The lowest BCUT2D eigenvalue weighted by Gasteiger charge is -2.38. The fraction of sp³-hybridized carbons (Fsp3) is 0.500. The molecule has 76 valence electrons. The van der Waals surface area contributed by atoms with Gasteiger partial charge in [-0.05, 0) is 32.4 Å². The third kappa shape index (κ3) is 1.55. The van der Waals surface area contributed by atoms with Gasteiger partial charge in [0.2, 0.25) is 0 Å². The molecule has 0 radical (unpaired) electrons. The van der Waals surface area contributed by atoms with Crippen molar-refractivity contribution in [1.82, 2.24) is 5.32 Å². The van der Waals surface area contributed by atoms with Crippen LogP contribution < -0.4 is 5.32 Å². The van der Waals surface area contributed by atoms with E-state index in [0.29, 0.717) is 0 Å². The number of hydrogen-bond donors (Lipinski definition) is 1. The van der Waals surface area contributed by atoms with Crippen molar-refractivity contribution in [3.63, 3.8) is 0 Å². The Kier molecular flexibility index (Phi) is 2.31. The lowest BCUT2D eigenvalue weighted by molar-refractivity contribution is 0.0858. The third-order valence-corrected chi connectivity index (χ3v) is 3.09. The molecule has 1 aromatic carbocycles. The lowest BCUT2D eigenvalue weighted by atomic mass is 9.84. The maximum absolute atomic E-state index is 14.3.